The summed E-state index contributed by atoms with van der Waals surface area (Å²) in [7, 11) is 0. The number of benzene rings is 2. The van der Waals surface area contributed by atoms with E-state index in [-0.39, 0.29) is 10.7 Å². The van der Waals surface area contributed by atoms with Gasteiger partial charge in [-0.15, -0.1) is 0 Å². The summed E-state index contributed by atoms with van der Waals surface area (Å²) in [5.41, 5.74) is 1.35. The van der Waals surface area contributed by atoms with Crippen LogP contribution < -0.4 is 10.6 Å². The third kappa shape index (κ3) is 3.85. The second-order valence-corrected chi connectivity index (χ2v) is 5.25. The van der Waals surface area contributed by atoms with Gasteiger partial charge in [-0.2, -0.15) is 0 Å². The van der Waals surface area contributed by atoms with Crippen molar-refractivity contribution in [3.63, 3.8) is 0 Å². The van der Waals surface area contributed by atoms with Crippen LogP contribution in [0.4, 0.5) is 21.7 Å². The molecule has 0 radical (unpaired) electrons. The van der Waals surface area contributed by atoms with Gasteiger partial charge in [0.2, 0.25) is 5.95 Å². The third-order valence-electron chi connectivity index (χ3n) is 3.10. The largest absolute Gasteiger partial charge is 0.324 e. The number of hydrogen-bond donors (Lipinski definition) is 2. The fraction of sp³-hybridized carbons (Fsp3) is 0. The second kappa shape index (κ2) is 7.06. The molecule has 0 aliphatic rings. The van der Waals surface area contributed by atoms with Crippen LogP contribution in [-0.4, -0.2) is 15.9 Å². The lowest BCUT2D eigenvalue weighted by atomic mass is 10.3. The predicted molar refractivity (Wildman–Crippen MR) is 91.1 cm³/mol. The molecule has 2 aromatic carbocycles. The maximum Gasteiger partial charge on any atom is 0.274 e. The van der Waals surface area contributed by atoms with Gasteiger partial charge in [0, 0.05) is 17.6 Å². The Balaban J connectivity index is 1.75. The maximum atomic E-state index is 13.1. The Bertz CT molecular complexity index is 873. The van der Waals surface area contributed by atoms with Crippen LogP contribution in [-0.2, 0) is 0 Å². The lowest BCUT2D eigenvalue weighted by Crippen LogP contribution is -2.14. The van der Waals surface area contributed by atoms with Gasteiger partial charge in [0.1, 0.15) is 11.5 Å². The molecule has 1 aromatic heterocycles. The van der Waals surface area contributed by atoms with Gasteiger partial charge in [0.15, 0.2) is 0 Å². The zero-order valence-corrected chi connectivity index (χ0v) is 13.1. The zero-order valence-electron chi connectivity index (χ0n) is 12.3. The van der Waals surface area contributed by atoms with Crippen LogP contribution >= 0.6 is 11.6 Å². The molecule has 0 fully saturated rings. The van der Waals surface area contributed by atoms with E-state index in [1.54, 1.807) is 0 Å². The lowest BCUT2D eigenvalue weighted by molar-refractivity contribution is 0.102. The standard InChI is InChI=1S/C17H12ClFN4O/c18-13-10-12(6-7-14(13)19)21-16(24)15-8-9-20-17(23-15)22-11-4-2-1-3-5-11/h1-10H,(H,21,24)(H,20,22,23). The summed E-state index contributed by atoms with van der Waals surface area (Å²) in [4.78, 5) is 20.5. The van der Waals surface area contributed by atoms with Crippen molar-refractivity contribution in [2.24, 2.45) is 0 Å². The van der Waals surface area contributed by atoms with Crippen LogP contribution in [0.3, 0.4) is 0 Å². The maximum absolute atomic E-state index is 13.1. The average molecular weight is 343 g/mol. The van der Waals surface area contributed by atoms with Crippen molar-refractivity contribution in [2.75, 3.05) is 10.6 Å². The minimum absolute atomic E-state index is 0.0677. The summed E-state index contributed by atoms with van der Waals surface area (Å²) in [6.45, 7) is 0. The van der Waals surface area contributed by atoms with Crippen molar-refractivity contribution < 1.29 is 9.18 Å². The Kier molecular flexibility index (Phi) is 4.67. The van der Waals surface area contributed by atoms with E-state index in [1.807, 2.05) is 30.3 Å². The fourth-order valence-corrected chi connectivity index (χ4v) is 2.15. The quantitative estimate of drug-likeness (QED) is 0.743. The molecule has 0 bridgehead atoms. The van der Waals surface area contributed by atoms with Crippen LogP contribution in [0.2, 0.25) is 5.02 Å². The molecule has 0 atom stereocenters. The molecule has 24 heavy (non-hydrogen) atoms. The zero-order chi connectivity index (χ0) is 16.9. The first-order valence-corrected chi connectivity index (χ1v) is 7.41. The van der Waals surface area contributed by atoms with E-state index < -0.39 is 11.7 Å². The molecule has 2 N–H and O–H groups in total. The predicted octanol–water partition coefficient (Wildman–Crippen LogP) is 4.27. The smallest absolute Gasteiger partial charge is 0.274 e. The van der Waals surface area contributed by atoms with Gasteiger partial charge >= 0.3 is 0 Å². The summed E-state index contributed by atoms with van der Waals surface area (Å²) in [5, 5.41) is 5.55. The van der Waals surface area contributed by atoms with Gasteiger partial charge < -0.3 is 10.6 Å². The van der Waals surface area contributed by atoms with Crippen molar-refractivity contribution in [1.82, 2.24) is 9.97 Å². The van der Waals surface area contributed by atoms with Gasteiger partial charge in [0.05, 0.1) is 5.02 Å². The monoisotopic (exact) mass is 342 g/mol. The normalized spacial score (nSPS) is 10.2. The minimum Gasteiger partial charge on any atom is -0.324 e. The van der Waals surface area contributed by atoms with Crippen molar-refractivity contribution >= 4 is 34.8 Å². The van der Waals surface area contributed by atoms with Crippen molar-refractivity contribution in [2.45, 2.75) is 0 Å². The Labute approximate surface area is 142 Å². The van der Waals surface area contributed by atoms with Gasteiger partial charge in [-0.05, 0) is 36.4 Å². The first-order valence-electron chi connectivity index (χ1n) is 7.03. The molecule has 5 nitrogen and oxygen atoms in total. The van der Waals surface area contributed by atoms with E-state index in [1.165, 1.54) is 30.5 Å². The van der Waals surface area contributed by atoms with Gasteiger partial charge in [0.25, 0.3) is 5.91 Å². The lowest BCUT2D eigenvalue weighted by Gasteiger charge is -2.08. The highest BCUT2D eigenvalue weighted by molar-refractivity contribution is 6.31. The molecular weight excluding hydrogens is 331 g/mol. The van der Waals surface area contributed by atoms with Crippen molar-refractivity contribution in [3.8, 4) is 0 Å². The number of para-hydroxylation sites is 1. The fourth-order valence-electron chi connectivity index (χ4n) is 1.96. The minimum atomic E-state index is -0.550. The number of rotatable bonds is 4. The number of carbonyl (C=O) groups is 1. The Morgan fingerprint density at radius 2 is 1.83 bits per heavy atom. The van der Waals surface area contributed by atoms with Crippen LogP contribution in [0.5, 0.6) is 0 Å². The van der Waals surface area contributed by atoms with E-state index in [4.69, 9.17) is 11.6 Å². The third-order valence-corrected chi connectivity index (χ3v) is 3.39. The first-order chi connectivity index (χ1) is 11.6. The molecule has 3 aromatic rings. The molecule has 0 unspecified atom stereocenters. The van der Waals surface area contributed by atoms with Gasteiger partial charge in [-0.25, -0.2) is 14.4 Å². The van der Waals surface area contributed by atoms with E-state index >= 15 is 0 Å². The van der Waals surface area contributed by atoms with Crippen LogP contribution in [0.15, 0.2) is 60.8 Å². The molecule has 0 spiro atoms. The summed E-state index contributed by atoms with van der Waals surface area (Å²) in [6, 6.07) is 14.8. The van der Waals surface area contributed by atoms with Crippen LogP contribution in [0.25, 0.3) is 0 Å². The van der Waals surface area contributed by atoms with E-state index in [2.05, 4.69) is 20.6 Å². The molecule has 0 aliphatic heterocycles. The molecule has 1 heterocycles. The molecule has 0 saturated carbocycles. The average Bonchev–Trinajstić information content (AvgIpc) is 2.59. The molecule has 3 rings (SSSR count). The van der Waals surface area contributed by atoms with Gasteiger partial charge in [-0.1, -0.05) is 29.8 Å². The summed E-state index contributed by atoms with van der Waals surface area (Å²) >= 11 is 5.70. The SMILES string of the molecule is O=C(Nc1ccc(F)c(Cl)c1)c1ccnc(Nc2ccccc2)n1. The molecule has 0 aliphatic carbocycles. The number of hydrogen-bond acceptors (Lipinski definition) is 4. The summed E-state index contributed by atoms with van der Waals surface area (Å²) in [5.74, 6) is -0.701. The Morgan fingerprint density at radius 3 is 2.58 bits per heavy atom. The number of nitrogens with one attached hydrogen (secondary N) is 2. The Morgan fingerprint density at radius 1 is 1.04 bits per heavy atom. The molecule has 0 saturated heterocycles. The number of nitrogens with zero attached hydrogens (tertiary/aromatic N) is 2. The van der Waals surface area contributed by atoms with Crippen LogP contribution in [0.1, 0.15) is 10.5 Å². The number of carbonyl (C=O) groups excluding carboxylic acids is 1. The number of aromatic nitrogens is 2. The summed E-state index contributed by atoms with van der Waals surface area (Å²) < 4.78 is 13.1. The molecule has 120 valence electrons. The number of amides is 1. The van der Waals surface area contributed by atoms with Gasteiger partial charge in [-0.3, -0.25) is 4.79 Å². The van der Waals surface area contributed by atoms with Crippen LogP contribution in [0, 0.1) is 5.82 Å². The Hall–Kier alpha value is -2.99. The molecular formula is C17H12ClFN4O. The van der Waals surface area contributed by atoms with Crippen molar-refractivity contribution in [1.29, 1.82) is 0 Å². The van der Waals surface area contributed by atoms with Crippen molar-refractivity contribution in [3.05, 3.63) is 77.3 Å². The first kappa shape index (κ1) is 15.9. The van der Waals surface area contributed by atoms with E-state index in [0.29, 0.717) is 11.6 Å². The number of anilines is 3. The van der Waals surface area contributed by atoms with E-state index in [0.717, 1.165) is 5.69 Å². The second-order valence-electron chi connectivity index (χ2n) is 4.84. The van der Waals surface area contributed by atoms with E-state index in [9.17, 15) is 9.18 Å². The highest BCUT2D eigenvalue weighted by atomic mass is 35.5. The highest BCUT2D eigenvalue weighted by Gasteiger charge is 2.10. The molecule has 1 amide bonds. The summed E-state index contributed by atoms with van der Waals surface area (Å²) in [6.07, 6.45) is 1.48. The number of halogens is 2. The molecule has 7 heteroatoms. The topological polar surface area (TPSA) is 66.9 Å². The highest BCUT2D eigenvalue weighted by Crippen LogP contribution is 2.20.